The van der Waals surface area contributed by atoms with Crippen LogP contribution in [-0.4, -0.2) is 42.5 Å². The normalized spacial score (nSPS) is 22.0. The van der Waals surface area contributed by atoms with E-state index in [0.29, 0.717) is 5.69 Å². The monoisotopic (exact) mass is 424 g/mol. The highest BCUT2D eigenvalue weighted by atomic mass is 16.5. The van der Waals surface area contributed by atoms with Crippen molar-refractivity contribution in [3.63, 3.8) is 0 Å². The molecule has 3 N–H and O–H groups in total. The summed E-state index contributed by atoms with van der Waals surface area (Å²) in [6.45, 7) is 2.15. The van der Waals surface area contributed by atoms with Crippen molar-refractivity contribution >= 4 is 29.9 Å². The van der Waals surface area contributed by atoms with Gasteiger partial charge in [-0.3, -0.25) is 19.2 Å². The number of hydrogen-bond acceptors (Lipinski definition) is 5. The highest BCUT2D eigenvalue weighted by Gasteiger charge is 2.62. The summed E-state index contributed by atoms with van der Waals surface area (Å²) < 4.78 is 4.89. The molecule has 0 heterocycles. The number of nitrogens with one attached hydrogen (secondary N) is 2. The van der Waals surface area contributed by atoms with Gasteiger partial charge in [-0.05, 0) is 36.6 Å². The van der Waals surface area contributed by atoms with Crippen molar-refractivity contribution in [1.82, 2.24) is 5.32 Å². The van der Waals surface area contributed by atoms with Gasteiger partial charge in [-0.15, -0.1) is 0 Å². The summed E-state index contributed by atoms with van der Waals surface area (Å²) in [6, 6.07) is 15.4. The minimum atomic E-state index is -1.30. The number of amides is 2. The van der Waals surface area contributed by atoms with Crippen LogP contribution < -0.4 is 10.6 Å². The molecule has 0 aliphatic heterocycles. The first-order valence-electron chi connectivity index (χ1n) is 9.84. The number of carbonyl (C=O) groups excluding carboxylic acids is 3. The fourth-order valence-electron chi connectivity index (χ4n) is 3.91. The maximum absolute atomic E-state index is 12.8. The van der Waals surface area contributed by atoms with E-state index in [1.807, 2.05) is 31.2 Å². The first kappa shape index (κ1) is 22.0. The standard InChI is InChI=1S/C23H24N2O6/c1-13-3-5-14(6-4-13)11-15-7-9-16(10-8-15)25-22(28)19-17(23(29)30)18(21(27)24-2)20(19)31-12-26/h3-10,12,17-20H,11H2,1-2H3,(H,24,27)(H,25,28)(H,29,30). The molecular weight excluding hydrogens is 400 g/mol. The molecule has 2 aromatic rings. The fourth-order valence-corrected chi connectivity index (χ4v) is 3.91. The summed E-state index contributed by atoms with van der Waals surface area (Å²) in [7, 11) is 1.35. The van der Waals surface area contributed by atoms with Gasteiger partial charge in [0.2, 0.25) is 11.8 Å². The molecule has 1 fully saturated rings. The minimum absolute atomic E-state index is 0.124. The number of carbonyl (C=O) groups is 4. The molecule has 0 saturated heterocycles. The Labute approximate surface area is 179 Å². The molecule has 2 aromatic carbocycles. The molecule has 31 heavy (non-hydrogen) atoms. The fraction of sp³-hybridized carbons (Fsp3) is 0.304. The van der Waals surface area contributed by atoms with Crippen LogP contribution in [0.5, 0.6) is 0 Å². The van der Waals surface area contributed by atoms with Crippen LogP contribution in [0.4, 0.5) is 5.69 Å². The smallest absolute Gasteiger partial charge is 0.308 e. The SMILES string of the molecule is CNC(=O)C1C(OC=O)C(C(=O)Nc2ccc(Cc3ccc(C)cc3)cc2)C1C(=O)O. The molecule has 2 amide bonds. The molecule has 1 aliphatic carbocycles. The molecule has 4 atom stereocenters. The van der Waals surface area contributed by atoms with E-state index in [2.05, 4.69) is 22.8 Å². The summed E-state index contributed by atoms with van der Waals surface area (Å²) in [5.41, 5.74) is 3.88. The second-order valence-electron chi connectivity index (χ2n) is 7.58. The lowest BCUT2D eigenvalue weighted by atomic mass is 9.61. The molecule has 0 spiro atoms. The zero-order valence-electron chi connectivity index (χ0n) is 17.2. The Morgan fingerprint density at radius 3 is 2.00 bits per heavy atom. The zero-order valence-corrected chi connectivity index (χ0v) is 17.2. The van der Waals surface area contributed by atoms with E-state index in [-0.39, 0.29) is 6.47 Å². The van der Waals surface area contributed by atoms with Gasteiger partial charge < -0.3 is 20.5 Å². The number of carboxylic acids is 1. The van der Waals surface area contributed by atoms with E-state index in [9.17, 15) is 24.3 Å². The molecule has 0 aromatic heterocycles. The van der Waals surface area contributed by atoms with Crippen molar-refractivity contribution in [3.05, 3.63) is 65.2 Å². The van der Waals surface area contributed by atoms with E-state index in [1.165, 1.54) is 12.6 Å². The van der Waals surface area contributed by atoms with Gasteiger partial charge in [0, 0.05) is 12.7 Å². The number of ether oxygens (including phenoxy) is 1. The summed E-state index contributed by atoms with van der Waals surface area (Å²) in [5.74, 6) is -6.09. The van der Waals surface area contributed by atoms with Crippen molar-refractivity contribution in [2.75, 3.05) is 12.4 Å². The van der Waals surface area contributed by atoms with Crippen LogP contribution >= 0.6 is 0 Å². The van der Waals surface area contributed by atoms with Gasteiger partial charge >= 0.3 is 5.97 Å². The molecule has 0 radical (unpaired) electrons. The third kappa shape index (κ3) is 4.74. The molecule has 8 nitrogen and oxygen atoms in total. The molecule has 3 rings (SSSR count). The molecule has 162 valence electrons. The molecule has 0 bridgehead atoms. The lowest BCUT2D eigenvalue weighted by Crippen LogP contribution is -2.64. The zero-order chi connectivity index (χ0) is 22.5. The second kappa shape index (κ2) is 9.42. The Balaban J connectivity index is 1.70. The van der Waals surface area contributed by atoms with Gasteiger partial charge in [-0.1, -0.05) is 42.0 Å². The first-order chi connectivity index (χ1) is 14.8. The number of aryl methyl sites for hydroxylation is 1. The van der Waals surface area contributed by atoms with Crippen LogP contribution in [-0.2, 0) is 30.3 Å². The van der Waals surface area contributed by atoms with Crippen LogP contribution in [0.1, 0.15) is 16.7 Å². The Kier molecular flexibility index (Phi) is 6.69. The maximum atomic E-state index is 12.8. The number of anilines is 1. The first-order valence-corrected chi connectivity index (χ1v) is 9.84. The van der Waals surface area contributed by atoms with E-state index in [4.69, 9.17) is 4.74 Å². The van der Waals surface area contributed by atoms with Gasteiger partial charge in [0.1, 0.15) is 6.10 Å². The third-order valence-corrected chi connectivity index (χ3v) is 5.58. The van der Waals surface area contributed by atoms with Crippen LogP contribution in [0.15, 0.2) is 48.5 Å². The van der Waals surface area contributed by atoms with E-state index in [0.717, 1.165) is 17.5 Å². The molecule has 1 saturated carbocycles. The van der Waals surface area contributed by atoms with Crippen LogP contribution in [0.3, 0.4) is 0 Å². The number of carboxylic acid groups (broad SMARTS) is 1. The number of rotatable bonds is 8. The molecular formula is C23H24N2O6. The van der Waals surface area contributed by atoms with Gasteiger partial charge in [0.25, 0.3) is 6.47 Å². The van der Waals surface area contributed by atoms with Crippen LogP contribution in [0, 0.1) is 24.7 Å². The summed E-state index contributed by atoms with van der Waals surface area (Å²) in [5, 5.41) is 14.5. The Bertz CT molecular complexity index is 971. The molecule has 1 aliphatic rings. The average Bonchev–Trinajstić information content (AvgIpc) is 2.73. The lowest BCUT2D eigenvalue weighted by molar-refractivity contribution is -0.187. The second-order valence-corrected chi connectivity index (χ2v) is 7.58. The van der Waals surface area contributed by atoms with Crippen molar-refractivity contribution in [2.45, 2.75) is 19.4 Å². The highest BCUT2D eigenvalue weighted by Crippen LogP contribution is 2.43. The predicted octanol–water partition coefficient (Wildman–Crippen LogP) is 1.76. The highest BCUT2D eigenvalue weighted by molar-refractivity contribution is 6.00. The van der Waals surface area contributed by atoms with Crippen LogP contribution in [0.2, 0.25) is 0 Å². The quantitative estimate of drug-likeness (QED) is 0.555. The maximum Gasteiger partial charge on any atom is 0.308 e. The summed E-state index contributed by atoms with van der Waals surface area (Å²) in [4.78, 5) is 47.3. The average molecular weight is 424 g/mol. The van der Waals surface area contributed by atoms with Gasteiger partial charge in [-0.25, -0.2) is 0 Å². The van der Waals surface area contributed by atoms with E-state index >= 15 is 0 Å². The summed E-state index contributed by atoms with van der Waals surface area (Å²) in [6.07, 6.45) is -0.402. The van der Waals surface area contributed by atoms with Crippen molar-refractivity contribution in [1.29, 1.82) is 0 Å². The van der Waals surface area contributed by atoms with Gasteiger partial charge in [0.05, 0.1) is 17.8 Å². The third-order valence-electron chi connectivity index (χ3n) is 5.58. The Hall–Kier alpha value is -3.68. The van der Waals surface area contributed by atoms with E-state index < -0.39 is 41.6 Å². The number of aliphatic carboxylic acids is 1. The van der Waals surface area contributed by atoms with Crippen molar-refractivity contribution in [3.8, 4) is 0 Å². The van der Waals surface area contributed by atoms with Crippen molar-refractivity contribution < 1.29 is 29.0 Å². The number of benzene rings is 2. The topological polar surface area (TPSA) is 122 Å². The largest absolute Gasteiger partial charge is 0.481 e. The number of hydrogen-bond donors (Lipinski definition) is 3. The Morgan fingerprint density at radius 2 is 1.48 bits per heavy atom. The minimum Gasteiger partial charge on any atom is -0.481 e. The predicted molar refractivity (Wildman–Crippen MR) is 112 cm³/mol. The Morgan fingerprint density at radius 1 is 0.935 bits per heavy atom. The van der Waals surface area contributed by atoms with Crippen LogP contribution in [0.25, 0.3) is 0 Å². The molecule has 8 heteroatoms. The van der Waals surface area contributed by atoms with E-state index in [1.54, 1.807) is 12.1 Å². The summed E-state index contributed by atoms with van der Waals surface area (Å²) >= 11 is 0. The van der Waals surface area contributed by atoms with Gasteiger partial charge in [0.15, 0.2) is 0 Å². The lowest BCUT2D eigenvalue weighted by Gasteiger charge is -2.45. The van der Waals surface area contributed by atoms with Crippen molar-refractivity contribution in [2.24, 2.45) is 17.8 Å². The van der Waals surface area contributed by atoms with Gasteiger partial charge in [-0.2, -0.15) is 0 Å². The molecule has 4 unspecified atom stereocenters.